The van der Waals surface area contributed by atoms with Crippen LogP contribution in [0.2, 0.25) is 0 Å². The molecule has 0 radical (unpaired) electrons. The molecule has 0 aliphatic carbocycles. The minimum Gasteiger partial charge on any atom is -0.633 e. The van der Waals surface area contributed by atoms with Gasteiger partial charge in [-0.15, -0.1) is 0 Å². The normalized spacial score (nSPS) is 29.0. The second-order valence-electron chi connectivity index (χ2n) is 10.2. The predicted octanol–water partition coefficient (Wildman–Crippen LogP) is 4.51. The van der Waals surface area contributed by atoms with E-state index in [9.17, 15) is 10.0 Å². The van der Waals surface area contributed by atoms with Crippen LogP contribution in [0.15, 0.2) is 18.2 Å². The molecule has 1 N–H and O–H groups in total. The fourth-order valence-electron chi connectivity index (χ4n) is 5.60. The van der Waals surface area contributed by atoms with E-state index in [4.69, 9.17) is 9.47 Å². The van der Waals surface area contributed by atoms with Crippen molar-refractivity contribution in [1.29, 1.82) is 0 Å². The van der Waals surface area contributed by atoms with Gasteiger partial charge in [0, 0.05) is 43.5 Å². The lowest BCUT2D eigenvalue weighted by Gasteiger charge is -2.49. The lowest BCUT2D eigenvalue weighted by Crippen LogP contribution is -2.54. The number of halogens is 1. The van der Waals surface area contributed by atoms with Crippen LogP contribution >= 0.6 is 0 Å². The van der Waals surface area contributed by atoms with E-state index in [2.05, 4.69) is 10.2 Å². The van der Waals surface area contributed by atoms with Gasteiger partial charge in [-0.1, -0.05) is 13.8 Å². The molecule has 1 spiro atoms. The van der Waals surface area contributed by atoms with Crippen molar-refractivity contribution in [3.8, 4) is 0 Å². The molecule has 3 aliphatic heterocycles. The molecule has 0 aromatic heterocycles. The highest BCUT2D eigenvalue weighted by Gasteiger charge is 2.49. The molecule has 4 rings (SSSR count). The van der Waals surface area contributed by atoms with Gasteiger partial charge in [0.15, 0.2) is 0 Å². The van der Waals surface area contributed by atoms with Crippen molar-refractivity contribution in [2.45, 2.75) is 52.0 Å². The SMILES string of the molecule is CC(C)COC(=O)Nc1ccc(N2CCC[C@]3(CC[N+]([O-])(C4CCOCC4)C3)C2)c(F)c1. The molecular weight excluding hydrogens is 413 g/mol. The standard InChI is InChI=1S/C24H36FN3O4/c1-18(2)15-32-23(29)26-19-4-5-22(21(25)14-19)27-10-3-8-24(16-27)9-11-28(30,17-24)20-6-12-31-13-7-20/h4-5,14,18,20H,3,6-13,15-17H2,1-2H3,(H,26,29)/t24-,28?/m0/s1. The first-order valence-corrected chi connectivity index (χ1v) is 11.9. The minimum atomic E-state index is -0.577. The number of amides is 1. The molecule has 3 heterocycles. The zero-order chi connectivity index (χ0) is 22.8. The second-order valence-corrected chi connectivity index (χ2v) is 10.2. The van der Waals surface area contributed by atoms with Gasteiger partial charge in [0.1, 0.15) is 5.82 Å². The molecule has 1 amide bonds. The third-order valence-electron chi connectivity index (χ3n) is 7.22. The van der Waals surface area contributed by atoms with Crippen molar-refractivity contribution in [1.82, 2.24) is 0 Å². The zero-order valence-electron chi connectivity index (χ0n) is 19.3. The summed E-state index contributed by atoms with van der Waals surface area (Å²) in [6.07, 6.45) is 3.98. The number of hydroxylamine groups is 3. The van der Waals surface area contributed by atoms with Crippen molar-refractivity contribution in [2.75, 3.05) is 56.2 Å². The first-order valence-electron chi connectivity index (χ1n) is 11.9. The lowest BCUT2D eigenvalue weighted by atomic mass is 9.79. The molecule has 3 fully saturated rings. The van der Waals surface area contributed by atoms with Crippen LogP contribution < -0.4 is 10.2 Å². The summed E-state index contributed by atoms with van der Waals surface area (Å²) in [6, 6.07) is 4.91. The first kappa shape index (κ1) is 23.3. The highest BCUT2D eigenvalue weighted by Crippen LogP contribution is 2.45. The molecule has 3 saturated heterocycles. The quantitative estimate of drug-likeness (QED) is 0.529. The van der Waals surface area contributed by atoms with Gasteiger partial charge in [-0.05, 0) is 37.0 Å². The molecule has 1 unspecified atom stereocenters. The van der Waals surface area contributed by atoms with E-state index in [0.29, 0.717) is 50.8 Å². The second kappa shape index (κ2) is 9.53. The maximum Gasteiger partial charge on any atom is 0.411 e. The third-order valence-corrected chi connectivity index (χ3v) is 7.22. The fraction of sp³-hybridized carbons (Fsp3) is 0.708. The topological polar surface area (TPSA) is 73.9 Å². The maximum atomic E-state index is 15.0. The average Bonchev–Trinajstić information content (AvgIpc) is 3.10. The molecule has 1 aromatic carbocycles. The third kappa shape index (κ3) is 5.18. The van der Waals surface area contributed by atoms with E-state index < -0.39 is 6.09 Å². The summed E-state index contributed by atoms with van der Waals surface area (Å²) in [4.78, 5) is 14.0. The summed E-state index contributed by atoms with van der Waals surface area (Å²) in [5.41, 5.74) is 0.858. The van der Waals surface area contributed by atoms with Crippen LogP contribution in [0.4, 0.5) is 20.6 Å². The molecule has 7 nitrogen and oxygen atoms in total. The number of hydrogen-bond acceptors (Lipinski definition) is 5. The van der Waals surface area contributed by atoms with Gasteiger partial charge in [0.05, 0.1) is 44.6 Å². The minimum absolute atomic E-state index is 0.0533. The van der Waals surface area contributed by atoms with Gasteiger partial charge in [-0.3, -0.25) is 5.32 Å². The van der Waals surface area contributed by atoms with E-state index in [1.807, 2.05) is 13.8 Å². The Morgan fingerprint density at radius 3 is 2.88 bits per heavy atom. The molecule has 0 saturated carbocycles. The highest BCUT2D eigenvalue weighted by atomic mass is 19.1. The smallest absolute Gasteiger partial charge is 0.411 e. The van der Waals surface area contributed by atoms with Gasteiger partial charge in [-0.2, -0.15) is 0 Å². The number of nitrogens with one attached hydrogen (secondary N) is 1. The molecule has 3 aliphatic rings. The van der Waals surface area contributed by atoms with Crippen LogP contribution in [0.1, 0.15) is 46.0 Å². The van der Waals surface area contributed by atoms with Crippen molar-refractivity contribution in [2.24, 2.45) is 11.3 Å². The van der Waals surface area contributed by atoms with Crippen LogP contribution in [0.3, 0.4) is 0 Å². The molecular formula is C24H36FN3O4. The number of hydrogen-bond donors (Lipinski definition) is 1. The summed E-state index contributed by atoms with van der Waals surface area (Å²) in [5, 5.41) is 16.2. The lowest BCUT2D eigenvalue weighted by molar-refractivity contribution is -0.898. The number of anilines is 2. The fourth-order valence-corrected chi connectivity index (χ4v) is 5.60. The number of ether oxygens (including phenoxy) is 2. The van der Waals surface area contributed by atoms with Crippen LogP contribution in [0, 0.1) is 22.4 Å². The van der Waals surface area contributed by atoms with Crippen LogP contribution in [0.25, 0.3) is 0 Å². The monoisotopic (exact) mass is 449 g/mol. The van der Waals surface area contributed by atoms with Crippen molar-refractivity contribution < 1.29 is 23.3 Å². The Morgan fingerprint density at radius 2 is 2.16 bits per heavy atom. The number of rotatable bonds is 5. The van der Waals surface area contributed by atoms with E-state index in [1.165, 1.54) is 6.07 Å². The van der Waals surface area contributed by atoms with E-state index in [1.54, 1.807) is 12.1 Å². The largest absolute Gasteiger partial charge is 0.633 e. The molecule has 178 valence electrons. The Labute approximate surface area is 190 Å². The summed E-state index contributed by atoms with van der Waals surface area (Å²) in [5.74, 6) is -0.131. The Bertz CT molecular complexity index is 816. The average molecular weight is 450 g/mol. The Kier molecular flexibility index (Phi) is 6.93. The zero-order valence-corrected chi connectivity index (χ0v) is 19.3. The Hall–Kier alpha value is -1.90. The number of piperidine rings is 1. The number of quaternary nitrogens is 1. The summed E-state index contributed by atoms with van der Waals surface area (Å²) >= 11 is 0. The van der Waals surface area contributed by atoms with Gasteiger partial charge in [0.2, 0.25) is 0 Å². The van der Waals surface area contributed by atoms with Crippen LogP contribution in [-0.2, 0) is 9.47 Å². The number of carbonyl (C=O) groups is 1. The van der Waals surface area contributed by atoms with Gasteiger partial charge in [-0.25, -0.2) is 9.18 Å². The van der Waals surface area contributed by atoms with Gasteiger partial charge < -0.3 is 24.2 Å². The number of benzene rings is 1. The Balaban J connectivity index is 1.40. The number of carbonyl (C=O) groups excluding carboxylic acids is 1. The maximum absolute atomic E-state index is 15.0. The number of likely N-dealkylation sites (tertiary alicyclic amines) is 1. The van der Waals surface area contributed by atoms with Gasteiger partial charge in [0.25, 0.3) is 0 Å². The summed E-state index contributed by atoms with van der Waals surface area (Å²) in [6.45, 7) is 8.35. The molecule has 8 heteroatoms. The predicted molar refractivity (Wildman–Crippen MR) is 122 cm³/mol. The molecule has 2 atom stereocenters. The van der Waals surface area contributed by atoms with E-state index >= 15 is 4.39 Å². The molecule has 32 heavy (non-hydrogen) atoms. The number of nitrogens with zero attached hydrogens (tertiary/aromatic N) is 2. The van der Waals surface area contributed by atoms with Crippen molar-refractivity contribution in [3.63, 3.8) is 0 Å². The van der Waals surface area contributed by atoms with Crippen LogP contribution in [-0.4, -0.2) is 62.8 Å². The molecule has 1 aromatic rings. The van der Waals surface area contributed by atoms with Crippen molar-refractivity contribution in [3.05, 3.63) is 29.2 Å². The van der Waals surface area contributed by atoms with Crippen molar-refractivity contribution >= 4 is 17.5 Å². The summed E-state index contributed by atoms with van der Waals surface area (Å²) in [7, 11) is 0. The van der Waals surface area contributed by atoms with E-state index in [-0.39, 0.29) is 27.8 Å². The Morgan fingerprint density at radius 1 is 1.38 bits per heavy atom. The van der Waals surface area contributed by atoms with Crippen LogP contribution in [0.5, 0.6) is 0 Å². The first-order chi connectivity index (χ1) is 15.3. The van der Waals surface area contributed by atoms with E-state index in [0.717, 1.165) is 38.6 Å². The molecule has 0 bridgehead atoms. The summed E-state index contributed by atoms with van der Waals surface area (Å²) < 4.78 is 25.5. The van der Waals surface area contributed by atoms with Gasteiger partial charge >= 0.3 is 6.09 Å². The highest BCUT2D eigenvalue weighted by molar-refractivity contribution is 5.85.